The first-order valence-electron chi connectivity index (χ1n) is 5.50. The third kappa shape index (κ3) is 20.4. The molecule has 0 aromatic rings. The lowest BCUT2D eigenvalue weighted by atomic mass is 10.6. The van der Waals surface area contributed by atoms with Crippen LogP contribution in [0.4, 0.5) is 0 Å². The molecule has 3 N–H and O–H groups in total. The maximum absolute atomic E-state index is 10.1. The summed E-state index contributed by atoms with van der Waals surface area (Å²) in [5.41, 5.74) is 0. The number of hydrogen-bond acceptors (Lipinski definition) is 7. The van der Waals surface area contributed by atoms with Gasteiger partial charge in [-0.2, -0.15) is 0 Å². The van der Waals surface area contributed by atoms with Gasteiger partial charge in [-0.05, 0) is 0 Å². The Morgan fingerprint density at radius 3 is 1.67 bits per heavy atom. The molecule has 7 nitrogen and oxygen atoms in total. The Morgan fingerprint density at radius 1 is 0.889 bits per heavy atom. The van der Waals surface area contributed by atoms with Crippen molar-refractivity contribution < 1.29 is 34.3 Å². The monoisotopic (exact) mass is 266 g/mol. The summed E-state index contributed by atoms with van der Waals surface area (Å²) in [6.45, 7) is 4.79. The number of aliphatic hydroxyl groups excluding tert-OH is 3. The topological polar surface area (TPSA) is 105 Å². The SMILES string of the molecule is C=CC(=O)OCCO.OCCOCCOCCO. The summed E-state index contributed by atoms with van der Waals surface area (Å²) in [6, 6.07) is 0. The molecular weight excluding hydrogens is 244 g/mol. The molecule has 0 fully saturated rings. The van der Waals surface area contributed by atoms with Crippen LogP contribution in [0.3, 0.4) is 0 Å². The van der Waals surface area contributed by atoms with Gasteiger partial charge in [0.25, 0.3) is 0 Å². The fraction of sp³-hybridized carbons (Fsp3) is 0.727. The highest BCUT2D eigenvalue weighted by Crippen LogP contribution is 1.77. The third-order valence-electron chi connectivity index (χ3n) is 1.35. The van der Waals surface area contributed by atoms with Crippen molar-refractivity contribution in [2.45, 2.75) is 0 Å². The lowest BCUT2D eigenvalue weighted by molar-refractivity contribution is -0.138. The van der Waals surface area contributed by atoms with Crippen molar-refractivity contribution in [3.8, 4) is 0 Å². The molecule has 108 valence electrons. The molecule has 0 rings (SSSR count). The van der Waals surface area contributed by atoms with Gasteiger partial charge in [-0.15, -0.1) is 0 Å². The minimum atomic E-state index is -0.501. The van der Waals surface area contributed by atoms with E-state index in [1.54, 1.807) is 0 Å². The first-order chi connectivity index (χ1) is 8.72. The fourth-order valence-electron chi connectivity index (χ4n) is 0.656. The molecule has 0 radical (unpaired) electrons. The number of ether oxygens (including phenoxy) is 3. The van der Waals surface area contributed by atoms with Gasteiger partial charge < -0.3 is 29.5 Å². The number of esters is 1. The Labute approximate surface area is 107 Å². The van der Waals surface area contributed by atoms with Crippen molar-refractivity contribution >= 4 is 5.97 Å². The van der Waals surface area contributed by atoms with Gasteiger partial charge in [-0.1, -0.05) is 6.58 Å². The van der Waals surface area contributed by atoms with Crippen molar-refractivity contribution in [1.29, 1.82) is 0 Å². The zero-order valence-electron chi connectivity index (χ0n) is 10.4. The van der Waals surface area contributed by atoms with Gasteiger partial charge in [0, 0.05) is 6.08 Å². The number of carbonyl (C=O) groups excluding carboxylic acids is 1. The van der Waals surface area contributed by atoms with Crippen molar-refractivity contribution in [3.05, 3.63) is 12.7 Å². The number of hydrogen-bond donors (Lipinski definition) is 3. The summed E-state index contributed by atoms with van der Waals surface area (Å²) < 4.78 is 14.1. The summed E-state index contributed by atoms with van der Waals surface area (Å²) in [5.74, 6) is -0.501. The maximum atomic E-state index is 10.1. The van der Waals surface area contributed by atoms with Crippen LogP contribution in [0.25, 0.3) is 0 Å². The predicted octanol–water partition coefficient (Wildman–Crippen LogP) is -1.29. The molecule has 7 heteroatoms. The fourth-order valence-corrected chi connectivity index (χ4v) is 0.656. The summed E-state index contributed by atoms with van der Waals surface area (Å²) in [6.07, 6.45) is 1.05. The van der Waals surface area contributed by atoms with E-state index in [0.29, 0.717) is 26.4 Å². The molecule has 0 amide bonds. The lowest BCUT2D eigenvalue weighted by Crippen LogP contribution is -2.09. The molecule has 0 aliphatic heterocycles. The highest BCUT2D eigenvalue weighted by atomic mass is 16.5. The molecule has 0 bridgehead atoms. The van der Waals surface area contributed by atoms with E-state index in [1.807, 2.05) is 0 Å². The molecule has 0 aromatic carbocycles. The molecule has 0 saturated heterocycles. The van der Waals surface area contributed by atoms with E-state index >= 15 is 0 Å². The van der Waals surface area contributed by atoms with Crippen LogP contribution >= 0.6 is 0 Å². The van der Waals surface area contributed by atoms with Gasteiger partial charge in [0.15, 0.2) is 0 Å². The van der Waals surface area contributed by atoms with Crippen LogP contribution in [-0.2, 0) is 19.0 Å². The molecule has 0 aromatic heterocycles. The standard InChI is InChI=1S/C6H14O4.C5H8O3/c7-1-3-9-5-6-10-4-2-8;1-2-5(7)8-4-3-6/h7-8H,1-6H2;2,6H,1,3-4H2. The average Bonchev–Trinajstić information content (AvgIpc) is 2.40. The van der Waals surface area contributed by atoms with Gasteiger partial charge in [-0.3, -0.25) is 0 Å². The molecule has 0 saturated carbocycles. The second-order valence-electron chi connectivity index (χ2n) is 2.77. The van der Waals surface area contributed by atoms with Crippen LogP contribution < -0.4 is 0 Å². The highest BCUT2D eigenvalue weighted by molar-refractivity contribution is 5.81. The van der Waals surface area contributed by atoms with Crippen LogP contribution in [0.2, 0.25) is 0 Å². The quantitative estimate of drug-likeness (QED) is 0.257. The zero-order chi connectivity index (χ0) is 14.1. The van der Waals surface area contributed by atoms with E-state index in [4.69, 9.17) is 24.8 Å². The Kier molecular flexibility index (Phi) is 19.8. The Morgan fingerprint density at radius 2 is 1.33 bits per heavy atom. The highest BCUT2D eigenvalue weighted by Gasteiger charge is 1.90. The van der Waals surface area contributed by atoms with Gasteiger partial charge in [0.05, 0.1) is 46.2 Å². The average molecular weight is 266 g/mol. The summed E-state index contributed by atoms with van der Waals surface area (Å²) in [5, 5.41) is 24.6. The minimum Gasteiger partial charge on any atom is -0.460 e. The zero-order valence-corrected chi connectivity index (χ0v) is 10.4. The molecule has 18 heavy (non-hydrogen) atoms. The second-order valence-corrected chi connectivity index (χ2v) is 2.77. The lowest BCUT2D eigenvalue weighted by Gasteiger charge is -2.01. The summed E-state index contributed by atoms with van der Waals surface area (Å²) in [4.78, 5) is 10.1. The maximum Gasteiger partial charge on any atom is 0.330 e. The number of rotatable bonds is 10. The largest absolute Gasteiger partial charge is 0.460 e. The van der Waals surface area contributed by atoms with Gasteiger partial charge in [0.1, 0.15) is 6.61 Å². The van der Waals surface area contributed by atoms with E-state index in [9.17, 15) is 4.79 Å². The van der Waals surface area contributed by atoms with Crippen LogP contribution in [0, 0.1) is 0 Å². The molecule has 0 aliphatic carbocycles. The predicted molar refractivity (Wildman–Crippen MR) is 64.1 cm³/mol. The van der Waals surface area contributed by atoms with E-state index in [2.05, 4.69) is 11.3 Å². The van der Waals surface area contributed by atoms with E-state index in [1.165, 1.54) is 0 Å². The van der Waals surface area contributed by atoms with E-state index < -0.39 is 5.97 Å². The van der Waals surface area contributed by atoms with Crippen molar-refractivity contribution in [1.82, 2.24) is 0 Å². The first-order valence-corrected chi connectivity index (χ1v) is 5.50. The van der Waals surface area contributed by atoms with Gasteiger partial charge in [0.2, 0.25) is 0 Å². The first kappa shape index (κ1) is 19.4. The molecule has 0 spiro atoms. The van der Waals surface area contributed by atoms with E-state index in [-0.39, 0.29) is 26.4 Å². The molecule has 0 atom stereocenters. The Hall–Kier alpha value is -0.990. The summed E-state index contributed by atoms with van der Waals surface area (Å²) in [7, 11) is 0. The van der Waals surface area contributed by atoms with Crippen LogP contribution in [0.15, 0.2) is 12.7 Å². The molecule has 0 heterocycles. The third-order valence-corrected chi connectivity index (χ3v) is 1.35. The van der Waals surface area contributed by atoms with Gasteiger partial charge >= 0.3 is 5.97 Å². The van der Waals surface area contributed by atoms with Crippen molar-refractivity contribution in [2.24, 2.45) is 0 Å². The van der Waals surface area contributed by atoms with E-state index in [0.717, 1.165) is 6.08 Å². The normalized spacial score (nSPS) is 9.28. The second kappa shape index (κ2) is 18.4. The van der Waals surface area contributed by atoms with Crippen LogP contribution in [0.5, 0.6) is 0 Å². The number of carbonyl (C=O) groups is 1. The Bertz CT molecular complexity index is 176. The molecule has 0 unspecified atom stereocenters. The van der Waals surface area contributed by atoms with Crippen molar-refractivity contribution in [2.75, 3.05) is 52.9 Å². The summed E-state index contributed by atoms with van der Waals surface area (Å²) >= 11 is 0. The Balaban J connectivity index is 0. The molecule has 0 aliphatic rings. The molecular formula is C11H22O7. The number of aliphatic hydroxyl groups is 3. The van der Waals surface area contributed by atoms with Crippen molar-refractivity contribution in [3.63, 3.8) is 0 Å². The van der Waals surface area contributed by atoms with Crippen LogP contribution in [-0.4, -0.2) is 74.1 Å². The van der Waals surface area contributed by atoms with Gasteiger partial charge in [-0.25, -0.2) is 4.79 Å². The van der Waals surface area contributed by atoms with Crippen LogP contribution in [0.1, 0.15) is 0 Å². The smallest absolute Gasteiger partial charge is 0.330 e. The minimum absolute atomic E-state index is 0.0417.